The third-order valence-electron chi connectivity index (χ3n) is 4.99. The number of methoxy groups -OCH3 is 1. The second-order valence-electron chi connectivity index (χ2n) is 7.14. The highest BCUT2D eigenvalue weighted by molar-refractivity contribution is 5.82. The summed E-state index contributed by atoms with van der Waals surface area (Å²) in [5.41, 5.74) is 5.86. The smallest absolute Gasteiger partial charge is 0.159 e. The minimum atomic E-state index is 0.695. The molecule has 4 rings (SSSR count). The van der Waals surface area contributed by atoms with Crippen molar-refractivity contribution in [2.75, 3.05) is 27.7 Å². The fraction of sp³-hybridized carbons (Fsp3) is 0.400. The molecule has 0 radical (unpaired) electrons. The van der Waals surface area contributed by atoms with Gasteiger partial charge in [0, 0.05) is 17.8 Å². The first-order chi connectivity index (χ1) is 12.1. The molecule has 5 heteroatoms. The minimum Gasteiger partial charge on any atom is -0.497 e. The van der Waals surface area contributed by atoms with Crippen molar-refractivity contribution < 1.29 is 4.74 Å². The molecular formula is C20H24N4O. The predicted molar refractivity (Wildman–Crippen MR) is 99.9 cm³/mol. The number of fused-ring (bicyclic) bond motifs is 3. The normalized spacial score (nSPS) is 17.0. The molecule has 2 aromatic heterocycles. The molecule has 1 aliphatic rings. The molecule has 5 nitrogen and oxygen atoms in total. The van der Waals surface area contributed by atoms with E-state index in [0.717, 1.165) is 47.6 Å². The van der Waals surface area contributed by atoms with Crippen LogP contribution in [0.25, 0.3) is 22.4 Å². The maximum Gasteiger partial charge on any atom is 0.159 e. The molecule has 0 spiro atoms. The summed E-state index contributed by atoms with van der Waals surface area (Å²) in [4.78, 5) is 15.3. The number of aryl methyl sites for hydroxylation is 1. The molecule has 1 N–H and O–H groups in total. The lowest BCUT2D eigenvalue weighted by Crippen LogP contribution is -2.26. The maximum absolute atomic E-state index is 5.23. The summed E-state index contributed by atoms with van der Waals surface area (Å²) in [5.74, 6) is 2.31. The fourth-order valence-corrected chi connectivity index (χ4v) is 3.81. The van der Waals surface area contributed by atoms with Crippen molar-refractivity contribution in [3.8, 4) is 17.1 Å². The van der Waals surface area contributed by atoms with Crippen LogP contribution in [0.3, 0.4) is 0 Å². The van der Waals surface area contributed by atoms with Gasteiger partial charge in [-0.05, 0) is 69.1 Å². The third-order valence-corrected chi connectivity index (χ3v) is 4.99. The molecule has 2 heterocycles. The molecule has 1 aromatic carbocycles. The van der Waals surface area contributed by atoms with E-state index in [4.69, 9.17) is 9.72 Å². The van der Waals surface area contributed by atoms with Gasteiger partial charge in [-0.2, -0.15) is 0 Å². The van der Waals surface area contributed by atoms with E-state index < -0.39 is 0 Å². The first kappa shape index (κ1) is 16.1. The second kappa shape index (κ2) is 6.48. The molecule has 0 saturated heterocycles. The van der Waals surface area contributed by atoms with Crippen LogP contribution >= 0.6 is 0 Å². The predicted octanol–water partition coefficient (Wildman–Crippen LogP) is 3.30. The number of aromatic amines is 1. The van der Waals surface area contributed by atoms with Crippen LogP contribution in [0.5, 0.6) is 5.75 Å². The van der Waals surface area contributed by atoms with Crippen LogP contribution in [0.1, 0.15) is 17.7 Å². The van der Waals surface area contributed by atoms with Crippen LogP contribution in [0.15, 0.2) is 30.5 Å². The summed E-state index contributed by atoms with van der Waals surface area (Å²) in [5, 5.41) is 0. The van der Waals surface area contributed by atoms with Crippen molar-refractivity contribution in [3.63, 3.8) is 0 Å². The number of benzene rings is 1. The summed E-state index contributed by atoms with van der Waals surface area (Å²) in [6.45, 7) is 1.13. The van der Waals surface area contributed by atoms with Crippen LogP contribution in [-0.4, -0.2) is 47.6 Å². The zero-order chi connectivity index (χ0) is 17.4. The van der Waals surface area contributed by atoms with Crippen LogP contribution in [0.2, 0.25) is 0 Å². The Bertz CT molecular complexity index is 883. The summed E-state index contributed by atoms with van der Waals surface area (Å²) in [6, 6.07) is 7.91. The van der Waals surface area contributed by atoms with Gasteiger partial charge >= 0.3 is 0 Å². The Morgan fingerprint density at radius 1 is 1.24 bits per heavy atom. The van der Waals surface area contributed by atoms with Gasteiger partial charge in [0.25, 0.3) is 0 Å². The van der Waals surface area contributed by atoms with Crippen molar-refractivity contribution in [2.24, 2.45) is 5.92 Å². The number of H-pyrrole nitrogens is 1. The number of hydrogen-bond donors (Lipinski definition) is 1. The van der Waals surface area contributed by atoms with E-state index in [1.54, 1.807) is 7.11 Å². The van der Waals surface area contributed by atoms with Gasteiger partial charge in [-0.3, -0.25) is 0 Å². The van der Waals surface area contributed by atoms with E-state index in [2.05, 4.69) is 29.0 Å². The fourth-order valence-electron chi connectivity index (χ4n) is 3.81. The van der Waals surface area contributed by atoms with Crippen molar-refractivity contribution in [1.82, 2.24) is 19.9 Å². The van der Waals surface area contributed by atoms with Gasteiger partial charge in [-0.1, -0.05) is 0 Å². The Kier molecular flexibility index (Phi) is 4.17. The van der Waals surface area contributed by atoms with Gasteiger partial charge in [0.2, 0.25) is 0 Å². The summed E-state index contributed by atoms with van der Waals surface area (Å²) in [6.07, 6.45) is 5.34. The number of ether oxygens (including phenoxy) is 1. The Balaban J connectivity index is 1.70. The van der Waals surface area contributed by atoms with E-state index in [9.17, 15) is 0 Å². The number of nitrogens with one attached hydrogen (secondary N) is 1. The molecule has 0 saturated carbocycles. The molecule has 0 amide bonds. The minimum absolute atomic E-state index is 0.695. The molecule has 1 atom stereocenters. The number of aromatic nitrogens is 3. The Morgan fingerprint density at radius 2 is 2.04 bits per heavy atom. The van der Waals surface area contributed by atoms with Gasteiger partial charge in [0.1, 0.15) is 5.75 Å². The first-order valence-corrected chi connectivity index (χ1v) is 8.79. The maximum atomic E-state index is 5.23. The molecule has 130 valence electrons. The molecular weight excluding hydrogens is 312 g/mol. The lowest BCUT2D eigenvalue weighted by atomic mass is 9.87. The molecule has 1 unspecified atom stereocenters. The van der Waals surface area contributed by atoms with Crippen molar-refractivity contribution in [3.05, 3.63) is 41.7 Å². The average molecular weight is 336 g/mol. The Hall–Kier alpha value is -2.40. The topological polar surface area (TPSA) is 54.0 Å². The molecule has 25 heavy (non-hydrogen) atoms. The standard InChI is InChI=1S/C20H24N4O/c1-24(2)12-13-4-9-17-16(10-13)19-18(22-17)11-21-20(23-19)14-5-7-15(25-3)8-6-14/h5-8,11,13,22H,4,9-10,12H2,1-3H3. The average Bonchev–Trinajstić information content (AvgIpc) is 2.98. The SMILES string of the molecule is COc1ccc(-c2ncc3[nH]c4c(c3n2)CC(CN(C)C)CC4)cc1. The zero-order valence-electron chi connectivity index (χ0n) is 15.0. The van der Waals surface area contributed by atoms with E-state index >= 15 is 0 Å². The lowest BCUT2D eigenvalue weighted by Gasteiger charge is -2.25. The van der Waals surface area contributed by atoms with Gasteiger partial charge in [0.05, 0.1) is 24.3 Å². The monoisotopic (exact) mass is 336 g/mol. The van der Waals surface area contributed by atoms with E-state index in [1.807, 2.05) is 30.5 Å². The van der Waals surface area contributed by atoms with Crippen molar-refractivity contribution in [2.45, 2.75) is 19.3 Å². The van der Waals surface area contributed by atoms with Gasteiger partial charge in [0.15, 0.2) is 5.82 Å². The molecule has 0 fully saturated rings. The first-order valence-electron chi connectivity index (χ1n) is 8.79. The summed E-state index contributed by atoms with van der Waals surface area (Å²) >= 11 is 0. The van der Waals surface area contributed by atoms with E-state index in [1.165, 1.54) is 17.7 Å². The van der Waals surface area contributed by atoms with Gasteiger partial charge in [-0.25, -0.2) is 9.97 Å². The van der Waals surface area contributed by atoms with Crippen molar-refractivity contribution >= 4 is 11.0 Å². The zero-order valence-corrected chi connectivity index (χ0v) is 15.0. The van der Waals surface area contributed by atoms with E-state index in [0.29, 0.717) is 5.92 Å². The quantitative estimate of drug-likeness (QED) is 0.794. The number of rotatable bonds is 4. The molecule has 3 aromatic rings. The Morgan fingerprint density at radius 3 is 2.76 bits per heavy atom. The lowest BCUT2D eigenvalue weighted by molar-refractivity contribution is 0.302. The highest BCUT2D eigenvalue weighted by Gasteiger charge is 2.24. The second-order valence-corrected chi connectivity index (χ2v) is 7.14. The largest absolute Gasteiger partial charge is 0.497 e. The van der Waals surface area contributed by atoms with Crippen LogP contribution < -0.4 is 4.74 Å². The van der Waals surface area contributed by atoms with Crippen LogP contribution in [0.4, 0.5) is 0 Å². The van der Waals surface area contributed by atoms with E-state index in [-0.39, 0.29) is 0 Å². The highest BCUT2D eigenvalue weighted by atomic mass is 16.5. The van der Waals surface area contributed by atoms with Crippen LogP contribution in [0, 0.1) is 5.92 Å². The Labute approximate surface area is 148 Å². The van der Waals surface area contributed by atoms with Gasteiger partial charge < -0.3 is 14.6 Å². The molecule has 1 aliphatic carbocycles. The van der Waals surface area contributed by atoms with Crippen LogP contribution in [-0.2, 0) is 12.8 Å². The molecule has 0 aliphatic heterocycles. The summed E-state index contributed by atoms with van der Waals surface area (Å²) < 4.78 is 5.23. The summed E-state index contributed by atoms with van der Waals surface area (Å²) in [7, 11) is 5.97. The molecule has 0 bridgehead atoms. The van der Waals surface area contributed by atoms with Crippen molar-refractivity contribution in [1.29, 1.82) is 0 Å². The third kappa shape index (κ3) is 3.12. The number of nitrogens with zero attached hydrogens (tertiary/aromatic N) is 3. The highest BCUT2D eigenvalue weighted by Crippen LogP contribution is 2.32. The van der Waals surface area contributed by atoms with Gasteiger partial charge in [-0.15, -0.1) is 0 Å². The number of hydrogen-bond acceptors (Lipinski definition) is 4.